The smallest absolute Gasteiger partial charge is 0.261 e. The lowest BCUT2D eigenvalue weighted by atomic mass is 10.2. The Balaban J connectivity index is 1.63. The summed E-state index contributed by atoms with van der Waals surface area (Å²) < 4.78 is 1.03. The first-order valence-electron chi connectivity index (χ1n) is 6.28. The number of halogens is 1. The molecule has 1 amide bonds. The summed E-state index contributed by atoms with van der Waals surface area (Å²) in [6.45, 7) is 2.65. The first kappa shape index (κ1) is 13.3. The van der Waals surface area contributed by atoms with Gasteiger partial charge in [-0.15, -0.1) is 22.7 Å². The highest BCUT2D eigenvalue weighted by atomic mass is 79.9. The van der Waals surface area contributed by atoms with Gasteiger partial charge in [-0.2, -0.15) is 0 Å². The highest BCUT2D eigenvalue weighted by Gasteiger charge is 2.16. The molecule has 2 aromatic rings. The van der Waals surface area contributed by atoms with Gasteiger partial charge in [0.2, 0.25) is 0 Å². The summed E-state index contributed by atoms with van der Waals surface area (Å²) in [5, 5.41) is 3.01. The summed E-state index contributed by atoms with van der Waals surface area (Å²) >= 11 is 6.79. The molecule has 0 saturated heterocycles. The topological polar surface area (TPSA) is 29.1 Å². The first-order valence-corrected chi connectivity index (χ1v) is 8.70. The predicted octanol–water partition coefficient (Wildman–Crippen LogP) is 4.30. The standard InChI is InChI=1S/C14H14BrNOS2/c1-8-5-12(19-13(8)15)14(17)16-7-10-6-9-3-2-4-11(9)18-10/h5-6H,2-4,7H2,1H3,(H,16,17). The molecule has 0 bridgehead atoms. The van der Waals surface area contributed by atoms with Crippen molar-refractivity contribution in [1.29, 1.82) is 0 Å². The first-order chi connectivity index (χ1) is 9.13. The van der Waals surface area contributed by atoms with E-state index in [1.807, 2.05) is 24.3 Å². The maximum Gasteiger partial charge on any atom is 0.261 e. The van der Waals surface area contributed by atoms with Gasteiger partial charge < -0.3 is 5.32 Å². The fraction of sp³-hybridized carbons (Fsp3) is 0.357. The van der Waals surface area contributed by atoms with Crippen molar-refractivity contribution in [2.24, 2.45) is 0 Å². The number of fused-ring (bicyclic) bond motifs is 1. The molecular weight excluding hydrogens is 342 g/mol. The molecular formula is C14H14BrNOS2. The lowest BCUT2D eigenvalue weighted by Gasteiger charge is -2.01. The van der Waals surface area contributed by atoms with Gasteiger partial charge in [-0.1, -0.05) is 0 Å². The lowest BCUT2D eigenvalue weighted by molar-refractivity contribution is 0.0955. The van der Waals surface area contributed by atoms with Crippen molar-refractivity contribution in [3.05, 3.63) is 41.7 Å². The molecule has 0 saturated carbocycles. The van der Waals surface area contributed by atoms with Crippen LogP contribution in [-0.4, -0.2) is 5.91 Å². The SMILES string of the molecule is Cc1cc(C(=O)NCc2cc3c(s2)CCC3)sc1Br. The van der Waals surface area contributed by atoms with Crippen molar-refractivity contribution in [2.75, 3.05) is 0 Å². The van der Waals surface area contributed by atoms with Crippen LogP contribution in [0.15, 0.2) is 15.9 Å². The van der Waals surface area contributed by atoms with Gasteiger partial charge in [-0.25, -0.2) is 0 Å². The third-order valence-electron chi connectivity index (χ3n) is 3.30. The van der Waals surface area contributed by atoms with E-state index in [1.165, 1.54) is 45.9 Å². The van der Waals surface area contributed by atoms with Crippen LogP contribution in [0.5, 0.6) is 0 Å². The summed E-state index contributed by atoms with van der Waals surface area (Å²) in [5.74, 6) is 0.0207. The van der Waals surface area contributed by atoms with E-state index in [1.54, 1.807) is 0 Å². The number of carbonyl (C=O) groups excluding carboxylic acids is 1. The number of thiophene rings is 2. The summed E-state index contributed by atoms with van der Waals surface area (Å²) in [4.78, 5) is 15.6. The monoisotopic (exact) mass is 355 g/mol. The van der Waals surface area contributed by atoms with Crippen LogP contribution in [0.25, 0.3) is 0 Å². The molecule has 0 atom stereocenters. The Morgan fingerprint density at radius 3 is 2.89 bits per heavy atom. The van der Waals surface area contributed by atoms with Crippen LogP contribution in [-0.2, 0) is 19.4 Å². The van der Waals surface area contributed by atoms with E-state index in [9.17, 15) is 4.79 Å². The molecule has 2 nitrogen and oxygen atoms in total. The lowest BCUT2D eigenvalue weighted by Crippen LogP contribution is -2.21. The molecule has 0 aliphatic heterocycles. The average molecular weight is 356 g/mol. The molecule has 0 unspecified atom stereocenters. The molecule has 0 spiro atoms. The molecule has 0 fully saturated rings. The largest absolute Gasteiger partial charge is 0.346 e. The van der Waals surface area contributed by atoms with Crippen LogP contribution in [0.1, 0.15) is 37.0 Å². The normalized spacial score (nSPS) is 13.6. The van der Waals surface area contributed by atoms with E-state index in [2.05, 4.69) is 27.3 Å². The Hall–Kier alpha value is -0.650. The minimum absolute atomic E-state index is 0.0207. The Morgan fingerprint density at radius 2 is 2.21 bits per heavy atom. The quantitative estimate of drug-likeness (QED) is 0.873. The van der Waals surface area contributed by atoms with Crippen molar-refractivity contribution in [1.82, 2.24) is 5.32 Å². The van der Waals surface area contributed by atoms with Crippen molar-refractivity contribution in [3.63, 3.8) is 0 Å². The molecule has 3 rings (SSSR count). The van der Waals surface area contributed by atoms with Crippen LogP contribution < -0.4 is 5.32 Å². The van der Waals surface area contributed by atoms with E-state index in [-0.39, 0.29) is 5.91 Å². The number of hydrogen-bond acceptors (Lipinski definition) is 3. The zero-order valence-electron chi connectivity index (χ0n) is 10.6. The van der Waals surface area contributed by atoms with E-state index in [0.29, 0.717) is 6.54 Å². The number of hydrogen-bond donors (Lipinski definition) is 1. The molecule has 100 valence electrons. The third-order valence-corrected chi connectivity index (χ3v) is 6.67. The third kappa shape index (κ3) is 2.78. The van der Waals surface area contributed by atoms with E-state index in [0.717, 1.165) is 14.2 Å². The Kier molecular flexibility index (Phi) is 3.78. The van der Waals surface area contributed by atoms with Gasteiger partial charge in [0.25, 0.3) is 5.91 Å². The second kappa shape index (κ2) is 5.38. The second-order valence-corrected chi connectivity index (χ2v) is 8.36. The molecule has 1 aliphatic rings. The van der Waals surface area contributed by atoms with Gasteiger partial charge in [0, 0.05) is 9.75 Å². The fourth-order valence-corrected chi connectivity index (χ4v) is 4.96. The van der Waals surface area contributed by atoms with Crippen LogP contribution >= 0.6 is 38.6 Å². The Bertz CT molecular complexity index is 588. The zero-order valence-corrected chi connectivity index (χ0v) is 13.8. The van der Waals surface area contributed by atoms with Crippen LogP contribution in [0.3, 0.4) is 0 Å². The molecule has 1 N–H and O–H groups in total. The van der Waals surface area contributed by atoms with Gasteiger partial charge in [-0.05, 0) is 65.4 Å². The second-order valence-electron chi connectivity index (χ2n) is 4.76. The van der Waals surface area contributed by atoms with E-state index in [4.69, 9.17) is 0 Å². The summed E-state index contributed by atoms with van der Waals surface area (Å²) in [6.07, 6.45) is 3.71. The van der Waals surface area contributed by atoms with E-state index >= 15 is 0 Å². The molecule has 19 heavy (non-hydrogen) atoms. The molecule has 2 aromatic heterocycles. The maximum absolute atomic E-state index is 12.0. The molecule has 0 radical (unpaired) electrons. The maximum atomic E-state index is 12.0. The highest BCUT2D eigenvalue weighted by molar-refractivity contribution is 9.11. The highest BCUT2D eigenvalue weighted by Crippen LogP contribution is 2.31. The van der Waals surface area contributed by atoms with Crippen molar-refractivity contribution in [2.45, 2.75) is 32.7 Å². The molecule has 2 heterocycles. The number of rotatable bonds is 3. The van der Waals surface area contributed by atoms with Crippen molar-refractivity contribution < 1.29 is 4.79 Å². The van der Waals surface area contributed by atoms with Crippen LogP contribution in [0, 0.1) is 6.92 Å². The minimum Gasteiger partial charge on any atom is -0.346 e. The molecule has 0 aromatic carbocycles. The number of amides is 1. The van der Waals surface area contributed by atoms with Gasteiger partial charge in [0.05, 0.1) is 15.2 Å². The number of nitrogens with one attached hydrogen (secondary N) is 1. The predicted molar refractivity (Wildman–Crippen MR) is 84.3 cm³/mol. The minimum atomic E-state index is 0.0207. The van der Waals surface area contributed by atoms with Gasteiger partial charge in [0.15, 0.2) is 0 Å². The Morgan fingerprint density at radius 1 is 1.37 bits per heavy atom. The van der Waals surface area contributed by atoms with Crippen molar-refractivity contribution in [3.8, 4) is 0 Å². The summed E-state index contributed by atoms with van der Waals surface area (Å²) in [7, 11) is 0. The van der Waals surface area contributed by atoms with Gasteiger partial charge in [0.1, 0.15) is 0 Å². The van der Waals surface area contributed by atoms with Crippen molar-refractivity contribution >= 4 is 44.5 Å². The van der Waals surface area contributed by atoms with E-state index < -0.39 is 0 Å². The molecule has 5 heteroatoms. The zero-order chi connectivity index (χ0) is 13.4. The van der Waals surface area contributed by atoms with Gasteiger partial charge >= 0.3 is 0 Å². The number of aryl methyl sites for hydroxylation is 3. The summed E-state index contributed by atoms with van der Waals surface area (Å²) in [6, 6.07) is 4.18. The number of carbonyl (C=O) groups is 1. The van der Waals surface area contributed by atoms with Crippen LogP contribution in [0.2, 0.25) is 0 Å². The fourth-order valence-electron chi connectivity index (χ4n) is 2.30. The van der Waals surface area contributed by atoms with Crippen LogP contribution in [0.4, 0.5) is 0 Å². The Labute approximate surface area is 129 Å². The summed E-state index contributed by atoms with van der Waals surface area (Å²) in [5.41, 5.74) is 2.61. The van der Waals surface area contributed by atoms with Gasteiger partial charge in [-0.3, -0.25) is 4.79 Å². The molecule has 1 aliphatic carbocycles. The average Bonchev–Trinajstić information content (AvgIpc) is 3.02.